The number of hydrogen-bond acceptors (Lipinski definition) is 1. The minimum Gasteiger partial charge on any atom is -0.271 e. The van der Waals surface area contributed by atoms with Crippen LogP contribution < -0.4 is 10.6 Å². The van der Waals surface area contributed by atoms with Crippen LogP contribution in [0.5, 0.6) is 0 Å². The molecule has 12 heavy (non-hydrogen) atoms. The second-order valence-corrected chi connectivity index (χ2v) is 3.56. The van der Waals surface area contributed by atoms with Crippen LogP contribution in [-0.2, 0) is 4.79 Å². The molecule has 1 aliphatic rings. The van der Waals surface area contributed by atoms with Gasteiger partial charge < -0.3 is 0 Å². The molecule has 0 saturated carbocycles. The van der Waals surface area contributed by atoms with Crippen LogP contribution in [0.1, 0.15) is 0 Å². The van der Waals surface area contributed by atoms with Crippen molar-refractivity contribution < 1.29 is 4.79 Å². The first kappa shape index (κ1) is 7.68. The summed E-state index contributed by atoms with van der Waals surface area (Å²) in [5, 5.41) is 1.78. The summed E-state index contributed by atoms with van der Waals surface area (Å²) in [7, 11) is 0. The average Bonchev–Trinajstić information content (AvgIpc) is 2.07. The Morgan fingerprint density at radius 1 is 1.33 bits per heavy atom. The molecule has 0 aromatic heterocycles. The Hall–Kier alpha value is -0.960. The van der Waals surface area contributed by atoms with Crippen molar-refractivity contribution in [2.45, 2.75) is 4.83 Å². The Bertz CT molecular complexity index is 438. The molecule has 0 fully saturated rings. The van der Waals surface area contributed by atoms with E-state index in [2.05, 4.69) is 20.9 Å². The van der Waals surface area contributed by atoms with E-state index in [1.54, 1.807) is 0 Å². The van der Waals surface area contributed by atoms with Crippen LogP contribution in [0, 0.1) is 0 Å². The van der Waals surface area contributed by atoms with E-state index < -0.39 is 0 Å². The maximum absolute atomic E-state index is 11.1. The highest BCUT2D eigenvalue weighted by Crippen LogP contribution is 2.04. The third kappa shape index (κ3) is 1.20. The monoisotopic (exact) mass is 223 g/mol. The maximum atomic E-state index is 11.1. The van der Waals surface area contributed by atoms with Crippen LogP contribution in [0.4, 0.5) is 0 Å². The summed E-state index contributed by atoms with van der Waals surface area (Å²) >= 11 is 3.22. The molecule has 1 aliphatic heterocycles. The van der Waals surface area contributed by atoms with Crippen LogP contribution in [0.2, 0.25) is 0 Å². The van der Waals surface area contributed by atoms with Gasteiger partial charge in [-0.2, -0.15) is 0 Å². The van der Waals surface area contributed by atoms with Gasteiger partial charge in [-0.05, 0) is 11.3 Å². The summed E-state index contributed by atoms with van der Waals surface area (Å²) in [6, 6.07) is 7.58. The van der Waals surface area contributed by atoms with E-state index >= 15 is 0 Å². The number of hydrogen-bond donors (Lipinski definition) is 0. The normalized spacial score (nSPS) is 20.8. The summed E-state index contributed by atoms with van der Waals surface area (Å²) in [5.41, 5.74) is 0. The third-order valence-electron chi connectivity index (χ3n) is 1.73. The van der Waals surface area contributed by atoms with Crippen molar-refractivity contribution in [1.82, 2.24) is 0 Å². The molecule has 60 valence electrons. The summed E-state index contributed by atoms with van der Waals surface area (Å²) in [6.07, 6.45) is 1.87. The Morgan fingerprint density at radius 2 is 2.08 bits per heavy atom. The molecule has 0 radical (unpaired) electrons. The first-order valence-electron chi connectivity index (χ1n) is 3.61. The van der Waals surface area contributed by atoms with Crippen molar-refractivity contribution in [3.8, 4) is 0 Å². The van der Waals surface area contributed by atoms with Gasteiger partial charge in [0.25, 0.3) is 5.91 Å². The molecule has 1 atom stereocenters. The molecule has 1 aromatic carbocycles. The fourth-order valence-electron chi connectivity index (χ4n) is 1.14. The number of benzene rings is 1. The quantitative estimate of drug-likeness (QED) is 0.586. The number of amides is 1. The SMILES string of the molecule is O=C1N=c2ccccc2=C[C@@H]1Br. The number of nitrogens with zero attached hydrogens (tertiary/aromatic N) is 1. The fraction of sp³-hybridized carbons (Fsp3) is 0.111. The minimum atomic E-state index is -0.257. The molecule has 3 heteroatoms. The predicted molar refractivity (Wildman–Crippen MR) is 49.4 cm³/mol. The van der Waals surface area contributed by atoms with Crippen molar-refractivity contribution >= 4 is 27.9 Å². The summed E-state index contributed by atoms with van der Waals surface area (Å²) in [5.74, 6) is -0.131. The van der Waals surface area contributed by atoms with Crippen LogP contribution in [-0.4, -0.2) is 10.7 Å². The van der Waals surface area contributed by atoms with E-state index in [0.29, 0.717) is 0 Å². The lowest BCUT2D eigenvalue weighted by Gasteiger charge is -2.02. The number of halogens is 1. The number of rotatable bonds is 0. The largest absolute Gasteiger partial charge is 0.271 e. The standard InChI is InChI=1S/C9H6BrNO/c10-7-5-6-3-1-2-4-8(6)11-9(7)12/h1-5,7H/t7-/m0/s1. The van der Waals surface area contributed by atoms with Crippen molar-refractivity contribution in [3.63, 3.8) is 0 Å². The van der Waals surface area contributed by atoms with Crippen LogP contribution in [0.15, 0.2) is 29.3 Å². The first-order valence-corrected chi connectivity index (χ1v) is 4.52. The zero-order valence-corrected chi connectivity index (χ0v) is 7.78. The smallest absolute Gasteiger partial charge is 0.263 e. The van der Waals surface area contributed by atoms with Gasteiger partial charge in [-0.15, -0.1) is 0 Å². The van der Waals surface area contributed by atoms with E-state index in [0.717, 1.165) is 10.6 Å². The molecule has 1 heterocycles. The molecule has 0 spiro atoms. The second kappa shape index (κ2) is 2.83. The molecule has 0 N–H and O–H groups in total. The second-order valence-electron chi connectivity index (χ2n) is 2.58. The Morgan fingerprint density at radius 3 is 2.92 bits per heavy atom. The van der Waals surface area contributed by atoms with E-state index in [4.69, 9.17) is 0 Å². The van der Waals surface area contributed by atoms with Crippen molar-refractivity contribution in [2.75, 3.05) is 0 Å². The number of carbonyl (C=O) groups is 1. The van der Waals surface area contributed by atoms with Gasteiger partial charge in [-0.25, -0.2) is 4.99 Å². The zero-order valence-electron chi connectivity index (χ0n) is 6.20. The molecular formula is C9H6BrNO. The van der Waals surface area contributed by atoms with Gasteiger partial charge >= 0.3 is 0 Å². The number of alkyl halides is 1. The van der Waals surface area contributed by atoms with Crippen molar-refractivity contribution in [3.05, 3.63) is 34.8 Å². The molecule has 0 saturated heterocycles. The maximum Gasteiger partial charge on any atom is 0.263 e. The molecule has 0 aliphatic carbocycles. The van der Waals surface area contributed by atoms with E-state index in [9.17, 15) is 4.79 Å². The van der Waals surface area contributed by atoms with E-state index in [-0.39, 0.29) is 10.7 Å². The topological polar surface area (TPSA) is 29.4 Å². The zero-order chi connectivity index (χ0) is 8.55. The molecule has 2 rings (SSSR count). The van der Waals surface area contributed by atoms with Gasteiger partial charge in [0.2, 0.25) is 0 Å². The van der Waals surface area contributed by atoms with Gasteiger partial charge in [-0.3, -0.25) is 4.79 Å². The lowest BCUT2D eigenvalue weighted by atomic mass is 10.2. The van der Waals surface area contributed by atoms with Crippen molar-refractivity contribution in [1.29, 1.82) is 0 Å². The van der Waals surface area contributed by atoms with Crippen molar-refractivity contribution in [2.24, 2.45) is 4.99 Å². The lowest BCUT2D eigenvalue weighted by Crippen LogP contribution is -2.33. The van der Waals surface area contributed by atoms with E-state index in [1.807, 2.05) is 30.3 Å². The Balaban J connectivity index is 2.79. The highest BCUT2D eigenvalue weighted by atomic mass is 79.9. The average molecular weight is 224 g/mol. The third-order valence-corrected chi connectivity index (χ3v) is 2.39. The van der Waals surface area contributed by atoms with Gasteiger partial charge in [0.1, 0.15) is 4.83 Å². The molecule has 1 amide bonds. The highest BCUT2D eigenvalue weighted by Gasteiger charge is 2.13. The minimum absolute atomic E-state index is 0.131. The highest BCUT2D eigenvalue weighted by molar-refractivity contribution is 9.10. The van der Waals surface area contributed by atoms with Gasteiger partial charge in [0, 0.05) is 0 Å². The van der Waals surface area contributed by atoms with Crippen LogP contribution >= 0.6 is 15.9 Å². The summed E-state index contributed by atoms with van der Waals surface area (Å²) in [6.45, 7) is 0. The van der Waals surface area contributed by atoms with Gasteiger partial charge in [-0.1, -0.05) is 40.2 Å². The fourth-order valence-corrected chi connectivity index (χ4v) is 1.53. The molecule has 0 bridgehead atoms. The lowest BCUT2D eigenvalue weighted by molar-refractivity contribution is -0.116. The number of para-hydroxylation sites is 1. The first-order chi connectivity index (χ1) is 5.77. The van der Waals surface area contributed by atoms with E-state index in [1.165, 1.54) is 0 Å². The summed E-state index contributed by atoms with van der Waals surface area (Å²) in [4.78, 5) is 14.8. The number of fused-ring (bicyclic) bond motifs is 1. The van der Waals surface area contributed by atoms with Gasteiger partial charge in [0.05, 0.1) is 5.36 Å². The summed E-state index contributed by atoms with van der Waals surface area (Å²) < 4.78 is 0. The predicted octanol–water partition coefficient (Wildman–Crippen LogP) is 0.390. The van der Waals surface area contributed by atoms with Crippen LogP contribution in [0.3, 0.4) is 0 Å². The van der Waals surface area contributed by atoms with Gasteiger partial charge in [0.15, 0.2) is 0 Å². The van der Waals surface area contributed by atoms with Crippen LogP contribution in [0.25, 0.3) is 6.08 Å². The Labute approximate surface area is 77.8 Å². The molecule has 0 unspecified atom stereocenters. The number of carbonyl (C=O) groups excluding carboxylic acids is 1. The molecule has 2 nitrogen and oxygen atoms in total. The molecular weight excluding hydrogens is 218 g/mol. The molecule has 1 aromatic rings. The Kier molecular flexibility index (Phi) is 1.81.